The number of nitrogens with one attached hydrogen (secondary N) is 1. The van der Waals surface area contributed by atoms with E-state index in [9.17, 15) is 4.79 Å². The summed E-state index contributed by atoms with van der Waals surface area (Å²) in [5.74, 6) is 0. The van der Waals surface area contributed by atoms with Crippen LogP contribution < -0.4 is 11.1 Å². The van der Waals surface area contributed by atoms with Gasteiger partial charge in [-0.3, -0.25) is 0 Å². The van der Waals surface area contributed by atoms with Crippen molar-refractivity contribution >= 4 is 6.09 Å². The van der Waals surface area contributed by atoms with E-state index in [2.05, 4.69) is 5.32 Å². The van der Waals surface area contributed by atoms with Gasteiger partial charge in [0.1, 0.15) is 0 Å². The minimum Gasteiger partial charge on any atom is -0.447 e. The highest BCUT2D eigenvalue weighted by atomic mass is 16.6. The van der Waals surface area contributed by atoms with E-state index < -0.39 is 6.09 Å². The summed E-state index contributed by atoms with van der Waals surface area (Å²) in [5, 5.41) is 2.88. The molecule has 0 fully saturated rings. The molecule has 4 heteroatoms. The molecule has 0 spiro atoms. The number of ether oxygens (including phenoxy) is 1. The quantitative estimate of drug-likeness (QED) is 0.887. The van der Waals surface area contributed by atoms with Gasteiger partial charge in [0.05, 0.1) is 18.2 Å². The van der Waals surface area contributed by atoms with Crippen LogP contribution in [0.1, 0.15) is 37.1 Å². The van der Waals surface area contributed by atoms with Crippen molar-refractivity contribution in [1.29, 1.82) is 0 Å². The van der Waals surface area contributed by atoms with Gasteiger partial charge in [0.15, 0.2) is 0 Å². The van der Waals surface area contributed by atoms with Gasteiger partial charge in [0, 0.05) is 0 Å². The fraction of sp³-hybridized carbons (Fsp3) is 0.278. The maximum atomic E-state index is 12.0. The highest BCUT2D eigenvalue weighted by Crippen LogP contribution is 2.26. The Morgan fingerprint density at radius 3 is 1.95 bits per heavy atom. The zero-order valence-corrected chi connectivity index (χ0v) is 12.9. The predicted molar refractivity (Wildman–Crippen MR) is 87.3 cm³/mol. The number of hydrogen-bond donors (Lipinski definition) is 2. The lowest BCUT2D eigenvalue weighted by atomic mass is 9.94. The van der Waals surface area contributed by atoms with Crippen LogP contribution >= 0.6 is 0 Å². The summed E-state index contributed by atoms with van der Waals surface area (Å²) in [5.41, 5.74) is 8.28. The number of carbonyl (C=O) groups is 1. The standard InChI is InChI=1S/C18H22N2O2/c1-13(2)22-18(21)20-17(15-11-7-4-8-12-15)16(19)14-9-5-3-6-10-14/h3-13,16-17H,19H2,1-2H3,(H,20,21)/t16-,17-/m1/s1. The van der Waals surface area contributed by atoms with Crippen LogP contribution in [0.4, 0.5) is 4.79 Å². The molecule has 0 bridgehead atoms. The number of benzene rings is 2. The third-order valence-electron chi connectivity index (χ3n) is 3.32. The van der Waals surface area contributed by atoms with Crippen molar-refractivity contribution in [2.75, 3.05) is 0 Å². The SMILES string of the molecule is CC(C)OC(=O)N[C@H](c1ccccc1)[C@H](N)c1ccccc1. The maximum absolute atomic E-state index is 12.0. The van der Waals surface area contributed by atoms with Gasteiger partial charge in [-0.2, -0.15) is 0 Å². The Hall–Kier alpha value is -2.33. The molecule has 4 nitrogen and oxygen atoms in total. The highest BCUT2D eigenvalue weighted by molar-refractivity contribution is 5.68. The molecule has 0 saturated heterocycles. The van der Waals surface area contributed by atoms with E-state index in [1.807, 2.05) is 74.5 Å². The van der Waals surface area contributed by atoms with Crippen LogP contribution in [0.25, 0.3) is 0 Å². The van der Waals surface area contributed by atoms with Gasteiger partial charge in [-0.1, -0.05) is 60.7 Å². The minimum atomic E-state index is -0.463. The Morgan fingerprint density at radius 2 is 1.45 bits per heavy atom. The van der Waals surface area contributed by atoms with Crippen molar-refractivity contribution in [1.82, 2.24) is 5.32 Å². The van der Waals surface area contributed by atoms with E-state index in [4.69, 9.17) is 10.5 Å². The Kier molecular flexibility index (Phi) is 5.55. The molecule has 0 radical (unpaired) electrons. The van der Waals surface area contributed by atoms with Crippen molar-refractivity contribution < 1.29 is 9.53 Å². The lowest BCUT2D eigenvalue weighted by Crippen LogP contribution is -2.37. The highest BCUT2D eigenvalue weighted by Gasteiger charge is 2.24. The first-order valence-corrected chi connectivity index (χ1v) is 7.40. The summed E-state index contributed by atoms with van der Waals surface area (Å²) in [6.45, 7) is 3.63. The van der Waals surface area contributed by atoms with E-state index in [1.54, 1.807) is 0 Å². The average Bonchev–Trinajstić information content (AvgIpc) is 2.53. The molecule has 0 aromatic heterocycles. The van der Waals surface area contributed by atoms with E-state index in [-0.39, 0.29) is 18.2 Å². The molecule has 2 aromatic rings. The topological polar surface area (TPSA) is 64.3 Å². The fourth-order valence-electron chi connectivity index (χ4n) is 2.28. The van der Waals surface area contributed by atoms with Gasteiger partial charge >= 0.3 is 6.09 Å². The van der Waals surface area contributed by atoms with E-state index in [0.29, 0.717) is 0 Å². The summed E-state index contributed by atoms with van der Waals surface area (Å²) in [6, 6.07) is 18.7. The molecule has 2 rings (SSSR count). The molecule has 22 heavy (non-hydrogen) atoms. The second-order valence-corrected chi connectivity index (χ2v) is 5.42. The van der Waals surface area contributed by atoms with Gasteiger partial charge in [-0.25, -0.2) is 4.79 Å². The summed E-state index contributed by atoms with van der Waals surface area (Å²) < 4.78 is 5.18. The molecule has 1 amide bonds. The number of nitrogens with two attached hydrogens (primary N) is 1. The van der Waals surface area contributed by atoms with Crippen molar-refractivity contribution in [3.05, 3.63) is 71.8 Å². The van der Waals surface area contributed by atoms with E-state index in [0.717, 1.165) is 11.1 Å². The molecule has 0 aliphatic carbocycles. The maximum Gasteiger partial charge on any atom is 0.407 e. The third kappa shape index (κ3) is 4.33. The Labute approximate surface area is 131 Å². The normalized spacial score (nSPS) is 13.5. The first-order chi connectivity index (χ1) is 10.6. The summed E-state index contributed by atoms with van der Waals surface area (Å²) >= 11 is 0. The first kappa shape index (κ1) is 16.0. The van der Waals surface area contributed by atoms with E-state index in [1.165, 1.54) is 0 Å². The van der Waals surface area contributed by atoms with Gasteiger partial charge < -0.3 is 15.8 Å². The Balaban J connectivity index is 2.24. The Morgan fingerprint density at radius 1 is 0.955 bits per heavy atom. The molecule has 0 heterocycles. The van der Waals surface area contributed by atoms with Crippen LogP contribution in [-0.4, -0.2) is 12.2 Å². The summed E-state index contributed by atoms with van der Waals surface area (Å²) in [6.07, 6.45) is -0.639. The van der Waals surface area contributed by atoms with Crippen molar-refractivity contribution in [2.45, 2.75) is 32.0 Å². The van der Waals surface area contributed by atoms with Gasteiger partial charge in [0.2, 0.25) is 0 Å². The second-order valence-electron chi connectivity index (χ2n) is 5.42. The number of amides is 1. The van der Waals surface area contributed by atoms with Crippen LogP contribution in [0.5, 0.6) is 0 Å². The molecule has 0 saturated carbocycles. The van der Waals surface area contributed by atoms with Crippen molar-refractivity contribution in [3.8, 4) is 0 Å². The van der Waals surface area contributed by atoms with Crippen LogP contribution in [-0.2, 0) is 4.74 Å². The molecule has 3 N–H and O–H groups in total. The zero-order valence-electron chi connectivity index (χ0n) is 12.9. The predicted octanol–water partition coefficient (Wildman–Crippen LogP) is 3.56. The lowest BCUT2D eigenvalue weighted by Gasteiger charge is -2.26. The zero-order chi connectivity index (χ0) is 15.9. The monoisotopic (exact) mass is 298 g/mol. The van der Waals surface area contributed by atoms with Crippen LogP contribution in [0.3, 0.4) is 0 Å². The summed E-state index contributed by atoms with van der Waals surface area (Å²) in [4.78, 5) is 12.0. The number of carbonyl (C=O) groups excluding carboxylic acids is 1. The third-order valence-corrected chi connectivity index (χ3v) is 3.32. The van der Waals surface area contributed by atoms with Crippen LogP contribution in [0, 0.1) is 0 Å². The summed E-state index contributed by atoms with van der Waals surface area (Å²) in [7, 11) is 0. The van der Waals surface area contributed by atoms with Gasteiger partial charge in [-0.05, 0) is 25.0 Å². The Bertz CT molecular complexity index is 585. The average molecular weight is 298 g/mol. The largest absolute Gasteiger partial charge is 0.447 e. The molecular weight excluding hydrogens is 276 g/mol. The molecule has 116 valence electrons. The second kappa shape index (κ2) is 7.61. The lowest BCUT2D eigenvalue weighted by molar-refractivity contribution is 0.111. The molecule has 2 atom stereocenters. The number of alkyl carbamates (subject to hydrolysis) is 1. The van der Waals surface area contributed by atoms with Crippen LogP contribution in [0.15, 0.2) is 60.7 Å². The van der Waals surface area contributed by atoms with Gasteiger partial charge in [-0.15, -0.1) is 0 Å². The molecule has 2 aromatic carbocycles. The molecular formula is C18H22N2O2. The number of rotatable bonds is 5. The molecule has 0 aliphatic rings. The molecule has 0 aliphatic heterocycles. The minimum absolute atomic E-state index is 0.177. The van der Waals surface area contributed by atoms with Crippen LogP contribution in [0.2, 0.25) is 0 Å². The van der Waals surface area contributed by atoms with Crippen molar-refractivity contribution in [2.24, 2.45) is 5.73 Å². The first-order valence-electron chi connectivity index (χ1n) is 7.40. The molecule has 0 unspecified atom stereocenters. The van der Waals surface area contributed by atoms with Gasteiger partial charge in [0.25, 0.3) is 0 Å². The van der Waals surface area contributed by atoms with E-state index >= 15 is 0 Å². The van der Waals surface area contributed by atoms with Crippen molar-refractivity contribution in [3.63, 3.8) is 0 Å². The smallest absolute Gasteiger partial charge is 0.407 e. The fourth-order valence-corrected chi connectivity index (χ4v) is 2.28. The number of hydrogen-bond acceptors (Lipinski definition) is 3.